The maximum Gasteiger partial charge on any atom is 0.122 e. The molecule has 0 radical (unpaired) electrons. The highest BCUT2D eigenvalue weighted by molar-refractivity contribution is 5.83. The summed E-state index contributed by atoms with van der Waals surface area (Å²) in [5.41, 5.74) is 7.00. The van der Waals surface area contributed by atoms with Crippen molar-refractivity contribution in [2.24, 2.45) is 5.92 Å². The van der Waals surface area contributed by atoms with Crippen LogP contribution in [0.15, 0.2) is 42.6 Å². The first-order valence-electron chi connectivity index (χ1n) is 12.3. The fourth-order valence-corrected chi connectivity index (χ4v) is 5.75. The van der Waals surface area contributed by atoms with Crippen LogP contribution < -0.4 is 4.74 Å². The number of fused-ring (bicyclic) bond motifs is 2. The standard InChI is InChI=1S/C28H36N2O2/c1-3-21-16-22-10-13-30(19-20-11-14-32-15-12-20)27(25(22)17-28(21)31-2)9-8-23-18-29-26-7-5-4-6-24(23)26/h4-7,16-18,20,27,29H,3,8-15,19H2,1-2H3. The maximum absolute atomic E-state index is 5.80. The summed E-state index contributed by atoms with van der Waals surface area (Å²) in [5, 5.41) is 1.36. The second kappa shape index (κ2) is 9.68. The molecule has 1 N–H and O–H groups in total. The quantitative estimate of drug-likeness (QED) is 0.521. The lowest BCUT2D eigenvalue weighted by atomic mass is 9.86. The van der Waals surface area contributed by atoms with Gasteiger partial charge in [0.15, 0.2) is 0 Å². The van der Waals surface area contributed by atoms with E-state index in [1.54, 1.807) is 0 Å². The van der Waals surface area contributed by atoms with Gasteiger partial charge in [0.25, 0.3) is 0 Å². The largest absolute Gasteiger partial charge is 0.496 e. The van der Waals surface area contributed by atoms with E-state index >= 15 is 0 Å². The molecule has 4 heteroatoms. The lowest BCUT2D eigenvalue weighted by molar-refractivity contribution is 0.0423. The molecule has 0 amide bonds. The van der Waals surface area contributed by atoms with Crippen LogP contribution in [0.25, 0.3) is 10.9 Å². The molecule has 170 valence electrons. The predicted octanol–water partition coefficient (Wildman–Crippen LogP) is 5.70. The Labute approximate surface area is 191 Å². The Bertz CT molecular complexity index is 1050. The molecule has 1 unspecified atom stereocenters. The van der Waals surface area contributed by atoms with Gasteiger partial charge >= 0.3 is 0 Å². The molecule has 4 nitrogen and oxygen atoms in total. The maximum atomic E-state index is 5.80. The molecule has 5 rings (SSSR count). The van der Waals surface area contributed by atoms with Crippen LogP contribution in [-0.4, -0.2) is 43.3 Å². The third-order valence-corrected chi connectivity index (χ3v) is 7.59. The third-order valence-electron chi connectivity index (χ3n) is 7.59. The topological polar surface area (TPSA) is 37.5 Å². The van der Waals surface area contributed by atoms with Crippen LogP contribution in [0.2, 0.25) is 0 Å². The van der Waals surface area contributed by atoms with Crippen molar-refractivity contribution in [3.63, 3.8) is 0 Å². The number of ether oxygens (including phenoxy) is 2. The molecule has 0 spiro atoms. The lowest BCUT2D eigenvalue weighted by Crippen LogP contribution is -2.40. The molecule has 0 saturated carbocycles. The number of nitrogens with zero attached hydrogens (tertiary/aromatic N) is 1. The van der Waals surface area contributed by atoms with Crippen molar-refractivity contribution in [3.05, 3.63) is 64.8 Å². The Morgan fingerprint density at radius 1 is 1.12 bits per heavy atom. The molecule has 3 aromatic rings. The van der Waals surface area contributed by atoms with Crippen molar-refractivity contribution in [1.29, 1.82) is 0 Å². The Morgan fingerprint density at radius 3 is 2.78 bits per heavy atom. The first kappa shape index (κ1) is 21.5. The molecule has 1 saturated heterocycles. The highest BCUT2D eigenvalue weighted by Gasteiger charge is 2.30. The summed E-state index contributed by atoms with van der Waals surface area (Å²) in [6.45, 7) is 6.39. The Hall–Kier alpha value is -2.30. The number of H-pyrrole nitrogens is 1. The number of hydrogen-bond acceptors (Lipinski definition) is 3. The fourth-order valence-electron chi connectivity index (χ4n) is 5.75. The minimum atomic E-state index is 0.440. The summed E-state index contributed by atoms with van der Waals surface area (Å²) in [6, 6.07) is 13.9. The number of aromatic nitrogens is 1. The van der Waals surface area contributed by atoms with Gasteiger partial charge in [-0.25, -0.2) is 0 Å². The number of nitrogens with one attached hydrogen (secondary N) is 1. The average Bonchev–Trinajstić information content (AvgIpc) is 3.26. The molecule has 1 fully saturated rings. The van der Waals surface area contributed by atoms with Crippen LogP contribution in [0.4, 0.5) is 0 Å². The van der Waals surface area contributed by atoms with Crippen LogP contribution in [-0.2, 0) is 24.0 Å². The zero-order chi connectivity index (χ0) is 21.9. The van der Waals surface area contributed by atoms with Crippen molar-refractivity contribution in [3.8, 4) is 5.75 Å². The molecule has 0 bridgehead atoms. The predicted molar refractivity (Wildman–Crippen MR) is 131 cm³/mol. The van der Waals surface area contributed by atoms with Gasteiger partial charge in [0, 0.05) is 49.4 Å². The molecule has 3 heterocycles. The van der Waals surface area contributed by atoms with Crippen molar-refractivity contribution in [2.45, 2.75) is 51.5 Å². The van der Waals surface area contributed by atoms with Gasteiger partial charge in [-0.3, -0.25) is 4.90 Å². The van der Waals surface area contributed by atoms with Gasteiger partial charge in [0.2, 0.25) is 0 Å². The normalized spacial score (nSPS) is 19.9. The van der Waals surface area contributed by atoms with E-state index < -0.39 is 0 Å². The van der Waals surface area contributed by atoms with Gasteiger partial charge < -0.3 is 14.5 Å². The number of aromatic amines is 1. The zero-order valence-corrected chi connectivity index (χ0v) is 19.5. The summed E-state index contributed by atoms with van der Waals surface area (Å²) >= 11 is 0. The second-order valence-corrected chi connectivity index (χ2v) is 9.43. The molecule has 0 aliphatic carbocycles. The van der Waals surface area contributed by atoms with Crippen molar-refractivity contribution in [2.75, 3.05) is 33.4 Å². The molecule has 2 aromatic carbocycles. The highest BCUT2D eigenvalue weighted by Crippen LogP contribution is 2.38. The molecule has 1 aromatic heterocycles. The summed E-state index contributed by atoms with van der Waals surface area (Å²) in [6.07, 6.45) is 8.95. The average molecular weight is 433 g/mol. The van der Waals surface area contributed by atoms with E-state index in [9.17, 15) is 0 Å². The fraction of sp³-hybridized carbons (Fsp3) is 0.500. The van der Waals surface area contributed by atoms with Gasteiger partial charge in [-0.1, -0.05) is 31.2 Å². The summed E-state index contributed by atoms with van der Waals surface area (Å²) in [4.78, 5) is 6.22. The SMILES string of the molecule is CCc1cc2c(cc1OC)C(CCc1c[nH]c3ccccc13)N(CC1CCOCC1)CC2. The summed E-state index contributed by atoms with van der Waals surface area (Å²) in [7, 11) is 1.81. The molecular formula is C28H36N2O2. The van der Waals surface area contributed by atoms with Crippen molar-refractivity contribution < 1.29 is 9.47 Å². The van der Waals surface area contributed by atoms with E-state index in [-0.39, 0.29) is 0 Å². The second-order valence-electron chi connectivity index (χ2n) is 9.43. The minimum Gasteiger partial charge on any atom is -0.496 e. The monoisotopic (exact) mass is 432 g/mol. The third kappa shape index (κ3) is 4.31. The molecule has 2 aliphatic heterocycles. The first-order chi connectivity index (χ1) is 15.8. The summed E-state index contributed by atoms with van der Waals surface area (Å²) < 4.78 is 11.4. The van der Waals surface area contributed by atoms with Crippen molar-refractivity contribution >= 4 is 10.9 Å². The Balaban J connectivity index is 1.44. The van der Waals surface area contributed by atoms with Crippen LogP contribution in [0, 0.1) is 5.92 Å². The van der Waals surface area contributed by atoms with E-state index in [1.165, 1.54) is 52.5 Å². The smallest absolute Gasteiger partial charge is 0.122 e. The summed E-state index contributed by atoms with van der Waals surface area (Å²) in [5.74, 6) is 1.80. The van der Waals surface area contributed by atoms with Crippen LogP contribution in [0.5, 0.6) is 5.75 Å². The van der Waals surface area contributed by atoms with Crippen LogP contribution in [0.1, 0.15) is 54.5 Å². The zero-order valence-electron chi connectivity index (χ0n) is 19.5. The van der Waals surface area contributed by atoms with E-state index in [1.807, 2.05) is 7.11 Å². The number of methoxy groups -OCH3 is 1. The number of benzene rings is 2. The number of para-hydroxylation sites is 1. The Kier molecular flexibility index (Phi) is 6.52. The van der Waals surface area contributed by atoms with Gasteiger partial charge in [0.05, 0.1) is 7.11 Å². The number of aryl methyl sites for hydroxylation is 2. The van der Waals surface area contributed by atoms with Gasteiger partial charge in [0.1, 0.15) is 5.75 Å². The van der Waals surface area contributed by atoms with Gasteiger partial charge in [-0.2, -0.15) is 0 Å². The highest BCUT2D eigenvalue weighted by atomic mass is 16.5. The molecule has 2 aliphatic rings. The Morgan fingerprint density at radius 2 is 1.97 bits per heavy atom. The number of rotatable bonds is 7. The molecule has 1 atom stereocenters. The first-order valence-corrected chi connectivity index (χ1v) is 12.3. The van der Waals surface area contributed by atoms with E-state index in [0.29, 0.717) is 6.04 Å². The molecule has 32 heavy (non-hydrogen) atoms. The van der Waals surface area contributed by atoms with Crippen molar-refractivity contribution in [1.82, 2.24) is 9.88 Å². The molecular weight excluding hydrogens is 396 g/mol. The minimum absolute atomic E-state index is 0.440. The van der Waals surface area contributed by atoms with E-state index in [2.05, 4.69) is 59.4 Å². The van der Waals surface area contributed by atoms with Crippen LogP contribution >= 0.6 is 0 Å². The van der Waals surface area contributed by atoms with Gasteiger partial charge in [-0.05, 0) is 78.8 Å². The number of hydrogen-bond donors (Lipinski definition) is 1. The van der Waals surface area contributed by atoms with E-state index in [0.717, 1.165) is 57.1 Å². The van der Waals surface area contributed by atoms with Crippen LogP contribution in [0.3, 0.4) is 0 Å². The lowest BCUT2D eigenvalue weighted by Gasteiger charge is -2.40. The van der Waals surface area contributed by atoms with E-state index in [4.69, 9.17) is 9.47 Å². The van der Waals surface area contributed by atoms with Gasteiger partial charge in [-0.15, -0.1) is 0 Å².